The number of amides is 1. The molecule has 0 aliphatic carbocycles. The Morgan fingerprint density at radius 2 is 1.85 bits per heavy atom. The Hall–Kier alpha value is -2.71. The summed E-state index contributed by atoms with van der Waals surface area (Å²) in [7, 11) is -4.08. The minimum Gasteiger partial charge on any atom is -0.481 e. The predicted octanol–water partition coefficient (Wildman–Crippen LogP) is 3.14. The highest BCUT2D eigenvalue weighted by Gasteiger charge is 2.57. The van der Waals surface area contributed by atoms with E-state index in [1.807, 2.05) is 0 Å². The van der Waals surface area contributed by atoms with E-state index in [-0.39, 0.29) is 25.2 Å². The molecule has 5 rings (SSSR count). The number of aliphatic carboxylic acids is 1. The van der Waals surface area contributed by atoms with Gasteiger partial charge in [-0.05, 0) is 31.5 Å². The van der Waals surface area contributed by atoms with Crippen LogP contribution in [0.4, 0.5) is 8.78 Å². The van der Waals surface area contributed by atoms with E-state index in [0.717, 1.165) is 25.1 Å². The number of phosphoric acid groups is 1. The number of carbonyl (C=O) groups excluding carboxylic acids is 1. The molecule has 12 nitrogen and oxygen atoms in total. The zero-order valence-electron chi connectivity index (χ0n) is 22.0. The van der Waals surface area contributed by atoms with Crippen molar-refractivity contribution in [3.8, 4) is 0 Å². The summed E-state index contributed by atoms with van der Waals surface area (Å²) in [6.07, 6.45) is 1.90. The number of nitrogens with zero attached hydrogens (tertiary/aromatic N) is 1. The lowest BCUT2D eigenvalue weighted by Crippen LogP contribution is -2.42. The molecule has 1 amide bonds. The summed E-state index contributed by atoms with van der Waals surface area (Å²) in [6, 6.07) is 2.98. The quantitative estimate of drug-likeness (QED) is 0.471. The molecule has 0 aromatic heterocycles. The SMILES string of the molecule is CC(=O)O.CC1(C)O[C@@H]2[C@H](O1)C(COP1(=O)OCCC(c3cc(F)cc(F)c3)O1)O[C@H]2N1C=C(C(N)=O)C=CC1. The van der Waals surface area contributed by atoms with E-state index in [0.29, 0.717) is 12.1 Å². The van der Waals surface area contributed by atoms with Crippen LogP contribution in [0.1, 0.15) is 38.9 Å². The van der Waals surface area contributed by atoms with Crippen molar-refractivity contribution in [3.63, 3.8) is 0 Å². The first-order valence-corrected chi connectivity index (χ1v) is 13.9. The number of hydrogen-bond donors (Lipinski definition) is 2. The van der Waals surface area contributed by atoms with E-state index >= 15 is 0 Å². The summed E-state index contributed by atoms with van der Waals surface area (Å²) in [6.45, 7) is 4.83. The van der Waals surface area contributed by atoms with Crippen LogP contribution in [0.25, 0.3) is 0 Å². The second-order valence-corrected chi connectivity index (χ2v) is 11.5. The molecule has 0 saturated carbocycles. The number of ether oxygens (including phenoxy) is 3. The van der Waals surface area contributed by atoms with Crippen LogP contribution in [0.2, 0.25) is 0 Å². The van der Waals surface area contributed by atoms with Crippen LogP contribution in [0, 0.1) is 11.6 Å². The number of phosphoric ester groups is 1. The second kappa shape index (κ2) is 12.0. The number of halogens is 2. The number of carboxylic acids is 1. The van der Waals surface area contributed by atoms with Crippen molar-refractivity contribution < 1.29 is 55.8 Å². The van der Waals surface area contributed by atoms with Gasteiger partial charge in [0.25, 0.3) is 5.97 Å². The van der Waals surface area contributed by atoms with Gasteiger partial charge >= 0.3 is 7.82 Å². The summed E-state index contributed by atoms with van der Waals surface area (Å²) in [5.74, 6) is -3.86. The molecule has 3 saturated heterocycles. The minimum atomic E-state index is -4.08. The van der Waals surface area contributed by atoms with E-state index in [1.54, 1.807) is 37.1 Å². The molecule has 6 atom stereocenters. The van der Waals surface area contributed by atoms with Gasteiger partial charge in [-0.1, -0.05) is 12.2 Å². The molecule has 0 radical (unpaired) electrons. The maximum Gasteiger partial charge on any atom is 0.475 e. The number of rotatable bonds is 6. The Morgan fingerprint density at radius 3 is 2.50 bits per heavy atom. The van der Waals surface area contributed by atoms with Gasteiger partial charge in [0, 0.05) is 32.2 Å². The predicted molar refractivity (Wildman–Crippen MR) is 133 cm³/mol. The topological polar surface area (TPSA) is 156 Å². The molecule has 4 aliphatic heterocycles. The number of carboxylic acid groups (broad SMARTS) is 1. The van der Waals surface area contributed by atoms with Crippen molar-refractivity contribution in [1.29, 1.82) is 0 Å². The first kappa shape index (κ1) is 30.3. The largest absolute Gasteiger partial charge is 0.481 e. The highest BCUT2D eigenvalue weighted by Crippen LogP contribution is 2.57. The van der Waals surface area contributed by atoms with Gasteiger partial charge in [-0.2, -0.15) is 0 Å². The number of nitrogens with two attached hydrogens (primary N) is 1. The molecule has 4 aliphatic rings. The van der Waals surface area contributed by atoms with E-state index in [4.69, 9.17) is 43.4 Å². The zero-order valence-corrected chi connectivity index (χ0v) is 22.9. The third-order valence-corrected chi connectivity index (χ3v) is 7.67. The van der Waals surface area contributed by atoms with E-state index in [2.05, 4.69) is 0 Å². The molecule has 1 aromatic rings. The molecule has 1 aromatic carbocycles. The van der Waals surface area contributed by atoms with Crippen molar-refractivity contribution in [2.75, 3.05) is 19.8 Å². The Balaban J connectivity index is 0.000000867. The Labute approximate surface area is 229 Å². The van der Waals surface area contributed by atoms with Crippen LogP contribution in [0.5, 0.6) is 0 Å². The molecular formula is C25H31F2N2O10P. The maximum atomic E-state index is 13.7. The lowest BCUT2D eigenvalue weighted by molar-refractivity contribution is -0.204. The standard InChI is InChI=1S/C23H27F2N2O8P.C2H4O2/c1-23(2)33-19-18(32-22(20(19)34-23)27-6-3-4-13(11-27)21(26)28)12-31-36(29)30-7-5-17(35-36)14-8-15(24)10-16(25)9-14;1-2(3)4/h3-4,8-11,17-20,22H,5-7,12H2,1-2H3,(H2,26,28);1H3,(H,3,4)/t17?,18?,19-,20-,22-,36?;/m1./s1. The van der Waals surface area contributed by atoms with Gasteiger partial charge in [-0.3, -0.25) is 23.2 Å². The summed E-state index contributed by atoms with van der Waals surface area (Å²) >= 11 is 0. The maximum absolute atomic E-state index is 13.7. The fourth-order valence-electron chi connectivity index (χ4n) is 4.69. The van der Waals surface area contributed by atoms with Gasteiger partial charge < -0.3 is 30.0 Å². The van der Waals surface area contributed by atoms with Crippen LogP contribution in [-0.2, 0) is 41.9 Å². The number of fused-ring (bicyclic) bond motifs is 1. The fraction of sp³-hybridized carbons (Fsp3) is 0.520. The van der Waals surface area contributed by atoms with Crippen molar-refractivity contribution in [3.05, 3.63) is 59.3 Å². The highest BCUT2D eigenvalue weighted by atomic mass is 31.2. The average molecular weight is 588 g/mol. The smallest absolute Gasteiger partial charge is 0.475 e. The first-order valence-electron chi connectivity index (χ1n) is 12.4. The average Bonchev–Trinajstić information content (AvgIpc) is 3.35. The van der Waals surface area contributed by atoms with Crippen LogP contribution in [-0.4, -0.2) is 72.0 Å². The molecule has 3 N–H and O–H groups in total. The fourth-order valence-corrected chi connectivity index (χ4v) is 6.08. The molecule has 0 spiro atoms. The molecule has 0 bridgehead atoms. The monoisotopic (exact) mass is 588 g/mol. The normalized spacial score (nSPS) is 32.6. The van der Waals surface area contributed by atoms with Gasteiger partial charge in [-0.25, -0.2) is 13.3 Å². The first-order chi connectivity index (χ1) is 18.7. The third-order valence-electron chi connectivity index (χ3n) is 6.19. The molecular weight excluding hydrogens is 557 g/mol. The van der Waals surface area contributed by atoms with Gasteiger partial charge in [0.05, 0.1) is 24.9 Å². The third kappa shape index (κ3) is 7.32. The minimum absolute atomic E-state index is 0.00766. The number of carbonyl (C=O) groups is 2. The summed E-state index contributed by atoms with van der Waals surface area (Å²) in [5.41, 5.74) is 5.93. The molecule has 40 heavy (non-hydrogen) atoms. The number of primary amides is 1. The van der Waals surface area contributed by atoms with Gasteiger partial charge in [-0.15, -0.1) is 0 Å². The molecule has 3 unspecified atom stereocenters. The van der Waals surface area contributed by atoms with E-state index in [9.17, 15) is 18.1 Å². The number of hydrogen-bond acceptors (Lipinski definition) is 10. The lowest BCUT2D eigenvalue weighted by atomic mass is 10.1. The Bertz CT molecular complexity index is 1220. The van der Waals surface area contributed by atoms with Gasteiger partial charge in [0.2, 0.25) is 5.91 Å². The summed E-state index contributed by atoms with van der Waals surface area (Å²) < 4.78 is 75.2. The van der Waals surface area contributed by atoms with Crippen LogP contribution in [0.15, 0.2) is 42.1 Å². The Morgan fingerprint density at radius 1 is 1.20 bits per heavy atom. The highest BCUT2D eigenvalue weighted by molar-refractivity contribution is 7.48. The van der Waals surface area contributed by atoms with E-state index < -0.39 is 67.8 Å². The molecule has 220 valence electrons. The van der Waals surface area contributed by atoms with Crippen molar-refractivity contribution in [2.24, 2.45) is 5.73 Å². The van der Waals surface area contributed by atoms with Gasteiger partial charge in [0.1, 0.15) is 29.9 Å². The van der Waals surface area contributed by atoms with E-state index in [1.165, 1.54) is 0 Å². The molecule has 4 heterocycles. The number of benzene rings is 1. The zero-order chi connectivity index (χ0) is 29.2. The Kier molecular flexibility index (Phi) is 9.10. The van der Waals surface area contributed by atoms with Crippen LogP contribution in [0.3, 0.4) is 0 Å². The van der Waals surface area contributed by atoms with Crippen molar-refractivity contribution >= 4 is 19.7 Å². The summed E-state index contributed by atoms with van der Waals surface area (Å²) in [4.78, 5) is 22.4. The second-order valence-electron chi connectivity index (χ2n) is 9.86. The summed E-state index contributed by atoms with van der Waals surface area (Å²) in [5, 5.41) is 7.42. The molecule has 15 heteroatoms. The molecule has 3 fully saturated rings. The lowest BCUT2D eigenvalue weighted by Gasteiger charge is -2.33. The van der Waals surface area contributed by atoms with Crippen LogP contribution < -0.4 is 5.73 Å². The van der Waals surface area contributed by atoms with Crippen molar-refractivity contribution in [1.82, 2.24) is 4.90 Å². The van der Waals surface area contributed by atoms with Gasteiger partial charge in [0.15, 0.2) is 12.0 Å². The van der Waals surface area contributed by atoms with Crippen molar-refractivity contribution in [2.45, 2.75) is 63.6 Å². The van der Waals surface area contributed by atoms with Crippen LogP contribution >= 0.6 is 7.82 Å².